The molecule has 43 heavy (non-hydrogen) atoms. The van der Waals surface area contributed by atoms with E-state index in [1.807, 2.05) is 47.9 Å². The number of pyridine rings is 1. The average Bonchev–Trinajstić information content (AvgIpc) is 3.22. The van der Waals surface area contributed by atoms with Crippen molar-refractivity contribution in [2.24, 2.45) is 12.5 Å². The molecule has 4 heterocycles. The quantitative estimate of drug-likeness (QED) is 0.313. The molecule has 2 aliphatic rings. The molecule has 2 aromatic heterocycles. The summed E-state index contributed by atoms with van der Waals surface area (Å²) in [5.74, 6) is -0.994. The summed E-state index contributed by atoms with van der Waals surface area (Å²) in [6.07, 6.45) is 3.70. The molecule has 1 unspecified atom stereocenters. The molecule has 2 aliphatic heterocycles. The molecule has 232 valence electrons. The normalized spacial score (nSPS) is 18.0. The van der Waals surface area contributed by atoms with E-state index >= 15 is 0 Å². The number of nitrogens with zero attached hydrogens (tertiary/aromatic N) is 5. The van der Waals surface area contributed by atoms with E-state index in [0.29, 0.717) is 22.8 Å². The smallest absolute Gasteiger partial charge is 0.337 e. The van der Waals surface area contributed by atoms with Gasteiger partial charge in [-0.3, -0.25) is 14.6 Å². The van der Waals surface area contributed by atoms with Gasteiger partial charge in [-0.15, -0.1) is 0 Å². The lowest BCUT2D eigenvalue weighted by molar-refractivity contribution is -0.160. The van der Waals surface area contributed by atoms with Crippen molar-refractivity contribution < 1.29 is 14.6 Å². The number of hydrogen-bond acceptors (Lipinski definition) is 6. The molecule has 3 aromatic rings. The number of carboxylic acids is 1. The van der Waals surface area contributed by atoms with E-state index in [4.69, 9.17) is 21.3 Å². The Labute approximate surface area is 261 Å². The third-order valence-electron chi connectivity index (χ3n) is 8.78. The van der Waals surface area contributed by atoms with Crippen LogP contribution >= 0.6 is 11.6 Å². The highest BCUT2D eigenvalue weighted by Crippen LogP contribution is 2.45. The van der Waals surface area contributed by atoms with Gasteiger partial charge in [0, 0.05) is 68.5 Å². The Kier molecular flexibility index (Phi) is 8.69. The molecule has 1 aromatic carbocycles. The fourth-order valence-electron chi connectivity index (χ4n) is 6.48. The number of carboxylic acid groups (broad SMARTS) is 1. The highest BCUT2D eigenvalue weighted by molar-refractivity contribution is 6.31. The van der Waals surface area contributed by atoms with Crippen LogP contribution in [0.2, 0.25) is 5.02 Å². The molecule has 1 saturated heterocycles. The summed E-state index contributed by atoms with van der Waals surface area (Å²) < 4.78 is 8.00. The minimum absolute atomic E-state index is 0.249. The molecule has 1 N–H and O–H groups in total. The molecule has 0 bridgehead atoms. The van der Waals surface area contributed by atoms with Crippen LogP contribution in [0, 0.1) is 19.3 Å². The summed E-state index contributed by atoms with van der Waals surface area (Å²) in [4.78, 5) is 22.5. The van der Waals surface area contributed by atoms with Gasteiger partial charge in [0.15, 0.2) is 6.10 Å². The molecular formula is C34H46ClN5O3. The number of ether oxygens (including phenoxy) is 1. The first kappa shape index (κ1) is 31.5. The number of piperidine rings is 1. The molecule has 0 spiro atoms. The average molecular weight is 608 g/mol. The Hall–Kier alpha value is -2.94. The number of aryl methyl sites for hydroxylation is 3. The second-order valence-electron chi connectivity index (χ2n) is 14.1. The molecule has 8 nitrogen and oxygen atoms in total. The first-order chi connectivity index (χ1) is 20.1. The number of fused-ring (bicyclic) bond motifs is 1. The Morgan fingerprint density at radius 1 is 1.12 bits per heavy atom. The van der Waals surface area contributed by atoms with Gasteiger partial charge in [0.2, 0.25) is 0 Å². The summed E-state index contributed by atoms with van der Waals surface area (Å²) in [5.41, 5.74) is 8.44. The molecule has 5 rings (SSSR count). The fraction of sp³-hybridized carbons (Fsp3) is 0.559. The van der Waals surface area contributed by atoms with Crippen molar-refractivity contribution in [3.63, 3.8) is 0 Å². The second-order valence-corrected chi connectivity index (χ2v) is 14.5. The first-order valence-electron chi connectivity index (χ1n) is 15.3. The van der Waals surface area contributed by atoms with E-state index in [1.54, 1.807) is 4.68 Å². The molecule has 1 atom stereocenters. The van der Waals surface area contributed by atoms with Crippen LogP contribution in [0.4, 0.5) is 5.69 Å². The highest BCUT2D eigenvalue weighted by Gasteiger charge is 2.36. The van der Waals surface area contributed by atoms with E-state index in [2.05, 4.69) is 46.9 Å². The van der Waals surface area contributed by atoms with Crippen LogP contribution in [-0.2, 0) is 36.1 Å². The molecular weight excluding hydrogens is 562 g/mol. The van der Waals surface area contributed by atoms with Gasteiger partial charge in [0.1, 0.15) is 0 Å². The summed E-state index contributed by atoms with van der Waals surface area (Å²) in [6.45, 7) is 18.4. The lowest BCUT2D eigenvalue weighted by atomic mass is 9.81. The van der Waals surface area contributed by atoms with Gasteiger partial charge < -0.3 is 14.7 Å². The number of anilines is 1. The number of benzene rings is 1. The highest BCUT2D eigenvalue weighted by atomic mass is 35.5. The summed E-state index contributed by atoms with van der Waals surface area (Å²) in [6, 6.07) is 6.69. The maximum Gasteiger partial charge on any atom is 0.337 e. The number of aliphatic carboxylic acids is 1. The van der Waals surface area contributed by atoms with Crippen molar-refractivity contribution in [1.29, 1.82) is 0 Å². The number of halogens is 1. The van der Waals surface area contributed by atoms with Gasteiger partial charge in [-0.25, -0.2) is 4.79 Å². The van der Waals surface area contributed by atoms with E-state index in [1.165, 1.54) is 11.1 Å². The molecule has 9 heteroatoms. The van der Waals surface area contributed by atoms with Crippen molar-refractivity contribution in [3.05, 3.63) is 63.2 Å². The number of aromatic nitrogens is 3. The molecule has 0 amide bonds. The van der Waals surface area contributed by atoms with Gasteiger partial charge in [-0.2, -0.15) is 5.10 Å². The second kappa shape index (κ2) is 11.9. The van der Waals surface area contributed by atoms with Crippen LogP contribution in [0.15, 0.2) is 24.4 Å². The van der Waals surface area contributed by atoms with Crippen LogP contribution in [-0.4, -0.2) is 56.0 Å². The van der Waals surface area contributed by atoms with Gasteiger partial charge >= 0.3 is 5.97 Å². The Morgan fingerprint density at radius 2 is 1.81 bits per heavy atom. The predicted octanol–water partition coefficient (Wildman–Crippen LogP) is 6.88. The van der Waals surface area contributed by atoms with E-state index < -0.39 is 17.7 Å². The van der Waals surface area contributed by atoms with Crippen molar-refractivity contribution in [2.75, 3.05) is 24.5 Å². The van der Waals surface area contributed by atoms with Crippen molar-refractivity contribution in [1.82, 2.24) is 19.7 Å². The maximum absolute atomic E-state index is 12.8. The standard InChI is InChI=1S/C34H46ClN5O3/c1-21-28(24-9-10-25-18-39(14-11-23(25)17-24)20-27-26(35)19-38(8)37-27)30(40-15-12-34(6,7)13-16-40)29(22(2)36-21)31(32(41)42)43-33(3,4)5/h9-10,17,19,31H,11-16,18,20H2,1-8H3,(H,41,42). The number of carbonyl (C=O) groups is 1. The third-order valence-corrected chi connectivity index (χ3v) is 9.10. The lowest BCUT2D eigenvalue weighted by Gasteiger charge is -2.41. The van der Waals surface area contributed by atoms with Crippen LogP contribution < -0.4 is 4.90 Å². The molecule has 0 aliphatic carbocycles. The maximum atomic E-state index is 12.8. The van der Waals surface area contributed by atoms with Crippen LogP contribution in [0.3, 0.4) is 0 Å². The predicted molar refractivity (Wildman–Crippen MR) is 172 cm³/mol. The van der Waals surface area contributed by atoms with E-state index in [9.17, 15) is 9.90 Å². The van der Waals surface area contributed by atoms with Crippen LogP contribution in [0.1, 0.15) is 87.3 Å². The fourth-order valence-corrected chi connectivity index (χ4v) is 6.72. The Morgan fingerprint density at radius 3 is 2.42 bits per heavy atom. The largest absolute Gasteiger partial charge is 0.479 e. The van der Waals surface area contributed by atoms with Crippen LogP contribution in [0.25, 0.3) is 11.1 Å². The van der Waals surface area contributed by atoms with E-state index in [0.717, 1.165) is 73.6 Å². The van der Waals surface area contributed by atoms with Crippen molar-refractivity contribution in [2.45, 2.75) is 92.5 Å². The van der Waals surface area contributed by atoms with Gasteiger partial charge in [-0.05, 0) is 76.0 Å². The minimum atomic E-state index is -1.12. The van der Waals surface area contributed by atoms with Crippen molar-refractivity contribution in [3.8, 4) is 11.1 Å². The first-order valence-corrected chi connectivity index (χ1v) is 15.7. The topological polar surface area (TPSA) is 83.7 Å². The van der Waals surface area contributed by atoms with Gasteiger partial charge in [-0.1, -0.05) is 43.6 Å². The van der Waals surface area contributed by atoms with Gasteiger partial charge in [0.25, 0.3) is 0 Å². The minimum Gasteiger partial charge on any atom is -0.479 e. The van der Waals surface area contributed by atoms with Crippen molar-refractivity contribution >= 4 is 23.3 Å². The zero-order valence-corrected chi connectivity index (χ0v) is 27.7. The van der Waals surface area contributed by atoms with Gasteiger partial charge in [0.05, 0.1) is 22.0 Å². The zero-order chi connectivity index (χ0) is 31.3. The third kappa shape index (κ3) is 6.92. The molecule has 1 fully saturated rings. The monoisotopic (exact) mass is 607 g/mol. The number of rotatable bonds is 7. The SMILES string of the molecule is Cc1nc(C)c(C(OC(C)(C)C)C(=O)O)c(N2CCC(C)(C)CC2)c1-c1ccc2c(c1)CCN(Cc1nn(C)cc1Cl)C2. The molecule has 0 saturated carbocycles. The molecule has 0 radical (unpaired) electrons. The van der Waals surface area contributed by atoms with Crippen LogP contribution in [0.5, 0.6) is 0 Å². The number of hydrogen-bond donors (Lipinski definition) is 1. The summed E-state index contributed by atoms with van der Waals surface area (Å²) >= 11 is 6.40. The Balaban J connectivity index is 1.57. The lowest BCUT2D eigenvalue weighted by Crippen LogP contribution is -2.39. The zero-order valence-electron chi connectivity index (χ0n) is 26.9. The summed E-state index contributed by atoms with van der Waals surface area (Å²) in [7, 11) is 1.89. The summed E-state index contributed by atoms with van der Waals surface area (Å²) in [5, 5.41) is 15.7. The van der Waals surface area contributed by atoms with E-state index in [-0.39, 0.29) is 5.41 Å². The Bertz CT molecular complexity index is 1510.